The molecule has 1 atom stereocenters. The number of benzene rings is 1. The standard InChI is InChI=1S/C16H25FN2O2/c1-3-7-21-16-10-15(14(18)9-13(16)17)19(2)11-12-6-4-5-8-20-12/h9-10,12H,3-8,11,18H2,1-2H3. The van der Waals surface area contributed by atoms with Crippen LogP contribution < -0.4 is 15.4 Å². The van der Waals surface area contributed by atoms with Crippen LogP contribution in [0.1, 0.15) is 32.6 Å². The molecule has 0 saturated carbocycles. The lowest BCUT2D eigenvalue weighted by molar-refractivity contribution is 0.0216. The third-order valence-corrected chi connectivity index (χ3v) is 3.71. The Bertz CT molecular complexity index is 462. The van der Waals surface area contributed by atoms with Gasteiger partial charge in [-0.1, -0.05) is 6.92 Å². The van der Waals surface area contributed by atoms with Gasteiger partial charge in [-0.05, 0) is 25.7 Å². The van der Waals surface area contributed by atoms with Gasteiger partial charge in [0.05, 0.1) is 24.1 Å². The monoisotopic (exact) mass is 296 g/mol. The molecule has 5 heteroatoms. The van der Waals surface area contributed by atoms with E-state index >= 15 is 0 Å². The maximum Gasteiger partial charge on any atom is 0.167 e. The SMILES string of the molecule is CCCOc1cc(N(C)CC2CCCCO2)c(N)cc1F. The summed E-state index contributed by atoms with van der Waals surface area (Å²) in [5.74, 6) is -0.149. The van der Waals surface area contributed by atoms with Crippen LogP contribution in [-0.4, -0.2) is 32.9 Å². The van der Waals surface area contributed by atoms with E-state index in [-0.39, 0.29) is 11.9 Å². The van der Waals surface area contributed by atoms with Crippen molar-refractivity contribution in [3.05, 3.63) is 17.9 Å². The van der Waals surface area contributed by atoms with Crippen molar-refractivity contribution in [2.45, 2.75) is 38.7 Å². The number of halogens is 1. The van der Waals surface area contributed by atoms with E-state index in [9.17, 15) is 4.39 Å². The number of rotatable bonds is 6. The van der Waals surface area contributed by atoms with E-state index in [1.807, 2.05) is 18.9 Å². The summed E-state index contributed by atoms with van der Waals surface area (Å²) < 4.78 is 25.0. The number of hydrogen-bond acceptors (Lipinski definition) is 4. The second-order valence-electron chi connectivity index (χ2n) is 5.56. The number of ether oxygens (including phenoxy) is 2. The molecule has 4 nitrogen and oxygen atoms in total. The van der Waals surface area contributed by atoms with Crippen LogP contribution in [0.2, 0.25) is 0 Å². The number of anilines is 2. The zero-order chi connectivity index (χ0) is 15.2. The van der Waals surface area contributed by atoms with Crippen LogP contribution in [0.15, 0.2) is 12.1 Å². The van der Waals surface area contributed by atoms with E-state index in [1.165, 1.54) is 12.5 Å². The van der Waals surface area contributed by atoms with Gasteiger partial charge in [-0.2, -0.15) is 0 Å². The van der Waals surface area contributed by atoms with Gasteiger partial charge in [0.25, 0.3) is 0 Å². The minimum absolute atomic E-state index is 0.216. The maximum atomic E-state index is 13.8. The second kappa shape index (κ2) is 7.50. The highest BCUT2D eigenvalue weighted by atomic mass is 19.1. The Hall–Kier alpha value is -1.49. The average molecular weight is 296 g/mol. The Morgan fingerprint density at radius 2 is 2.24 bits per heavy atom. The van der Waals surface area contributed by atoms with E-state index in [0.717, 1.165) is 38.1 Å². The molecule has 0 amide bonds. The number of hydrogen-bond donors (Lipinski definition) is 1. The molecule has 1 saturated heterocycles. The smallest absolute Gasteiger partial charge is 0.167 e. The molecule has 0 spiro atoms. The molecule has 1 aromatic rings. The number of likely N-dealkylation sites (N-methyl/N-ethyl adjacent to an activating group) is 1. The molecule has 1 aliphatic heterocycles. The zero-order valence-corrected chi connectivity index (χ0v) is 12.9. The highest BCUT2D eigenvalue weighted by molar-refractivity contribution is 5.69. The fourth-order valence-electron chi connectivity index (χ4n) is 2.57. The number of nitrogens with two attached hydrogens (primary N) is 1. The lowest BCUT2D eigenvalue weighted by Gasteiger charge is -2.29. The lowest BCUT2D eigenvalue weighted by atomic mass is 10.1. The molecular formula is C16H25FN2O2. The minimum Gasteiger partial charge on any atom is -0.490 e. The zero-order valence-electron chi connectivity index (χ0n) is 12.9. The topological polar surface area (TPSA) is 47.7 Å². The molecule has 0 bridgehead atoms. The van der Waals surface area contributed by atoms with Gasteiger partial charge in [-0.15, -0.1) is 0 Å². The van der Waals surface area contributed by atoms with Crippen LogP contribution in [0.4, 0.5) is 15.8 Å². The molecule has 1 unspecified atom stereocenters. The van der Waals surface area contributed by atoms with Crippen molar-refractivity contribution in [1.29, 1.82) is 0 Å². The van der Waals surface area contributed by atoms with Gasteiger partial charge in [-0.3, -0.25) is 0 Å². The molecule has 0 aliphatic carbocycles. The fourth-order valence-corrected chi connectivity index (χ4v) is 2.57. The second-order valence-corrected chi connectivity index (χ2v) is 5.56. The molecule has 1 aromatic carbocycles. The van der Waals surface area contributed by atoms with E-state index in [0.29, 0.717) is 12.3 Å². The van der Waals surface area contributed by atoms with Gasteiger partial charge in [-0.25, -0.2) is 4.39 Å². The predicted octanol–water partition coefficient (Wildman–Crippen LogP) is 3.20. The highest BCUT2D eigenvalue weighted by Crippen LogP contribution is 2.31. The quantitative estimate of drug-likeness (QED) is 0.819. The van der Waals surface area contributed by atoms with Gasteiger partial charge < -0.3 is 20.1 Å². The van der Waals surface area contributed by atoms with Crippen molar-refractivity contribution in [3.8, 4) is 5.75 Å². The van der Waals surface area contributed by atoms with Crippen molar-refractivity contribution in [3.63, 3.8) is 0 Å². The summed E-state index contributed by atoms with van der Waals surface area (Å²) in [6, 6.07) is 3.02. The van der Waals surface area contributed by atoms with Crippen LogP contribution in [0.3, 0.4) is 0 Å². The largest absolute Gasteiger partial charge is 0.490 e. The minimum atomic E-state index is -0.410. The molecule has 118 valence electrons. The molecule has 0 radical (unpaired) electrons. The summed E-state index contributed by atoms with van der Waals surface area (Å²) in [4.78, 5) is 2.02. The molecule has 1 aliphatic rings. The summed E-state index contributed by atoms with van der Waals surface area (Å²) >= 11 is 0. The summed E-state index contributed by atoms with van der Waals surface area (Å²) in [6.45, 7) is 4.06. The average Bonchev–Trinajstić information content (AvgIpc) is 2.47. The Kier molecular flexibility index (Phi) is 5.67. The molecule has 1 heterocycles. The normalized spacial score (nSPS) is 18.5. The summed E-state index contributed by atoms with van der Waals surface area (Å²) in [7, 11) is 1.95. The third-order valence-electron chi connectivity index (χ3n) is 3.71. The molecular weight excluding hydrogens is 271 g/mol. The number of nitrogen functional groups attached to an aromatic ring is 1. The first kappa shape index (κ1) is 15.9. The van der Waals surface area contributed by atoms with Crippen molar-refractivity contribution in [2.75, 3.05) is 37.4 Å². The maximum absolute atomic E-state index is 13.8. The van der Waals surface area contributed by atoms with E-state index in [2.05, 4.69) is 0 Å². The highest BCUT2D eigenvalue weighted by Gasteiger charge is 2.18. The predicted molar refractivity (Wildman–Crippen MR) is 83.5 cm³/mol. The van der Waals surface area contributed by atoms with Crippen molar-refractivity contribution in [1.82, 2.24) is 0 Å². The van der Waals surface area contributed by atoms with Gasteiger partial charge in [0.15, 0.2) is 11.6 Å². The van der Waals surface area contributed by atoms with Gasteiger partial charge in [0.1, 0.15) is 0 Å². The first-order valence-corrected chi connectivity index (χ1v) is 7.66. The van der Waals surface area contributed by atoms with Crippen LogP contribution in [0, 0.1) is 5.82 Å². The van der Waals surface area contributed by atoms with Crippen LogP contribution in [-0.2, 0) is 4.74 Å². The molecule has 2 rings (SSSR count). The van der Waals surface area contributed by atoms with Crippen molar-refractivity contribution in [2.24, 2.45) is 0 Å². The Morgan fingerprint density at radius 1 is 1.43 bits per heavy atom. The third kappa shape index (κ3) is 4.24. The van der Waals surface area contributed by atoms with E-state index < -0.39 is 5.82 Å². The van der Waals surface area contributed by atoms with Gasteiger partial charge in [0, 0.05) is 32.3 Å². The Morgan fingerprint density at radius 3 is 2.90 bits per heavy atom. The molecule has 21 heavy (non-hydrogen) atoms. The fraction of sp³-hybridized carbons (Fsp3) is 0.625. The lowest BCUT2D eigenvalue weighted by Crippen LogP contribution is -2.33. The van der Waals surface area contributed by atoms with Crippen molar-refractivity contribution < 1.29 is 13.9 Å². The van der Waals surface area contributed by atoms with E-state index in [1.54, 1.807) is 6.07 Å². The number of nitrogens with zero attached hydrogens (tertiary/aromatic N) is 1. The summed E-state index contributed by atoms with van der Waals surface area (Å²) in [5, 5.41) is 0. The van der Waals surface area contributed by atoms with Crippen LogP contribution in [0.5, 0.6) is 5.75 Å². The first-order valence-electron chi connectivity index (χ1n) is 7.66. The molecule has 0 aromatic heterocycles. The Labute approximate surface area is 126 Å². The van der Waals surface area contributed by atoms with E-state index in [4.69, 9.17) is 15.2 Å². The first-order chi connectivity index (χ1) is 10.1. The Balaban J connectivity index is 2.09. The van der Waals surface area contributed by atoms with Crippen molar-refractivity contribution >= 4 is 11.4 Å². The van der Waals surface area contributed by atoms with Gasteiger partial charge in [0.2, 0.25) is 0 Å². The summed E-state index contributed by atoms with van der Waals surface area (Å²) in [6.07, 6.45) is 4.44. The molecule has 1 fully saturated rings. The molecule has 2 N–H and O–H groups in total. The van der Waals surface area contributed by atoms with Crippen LogP contribution in [0.25, 0.3) is 0 Å². The van der Waals surface area contributed by atoms with Crippen LogP contribution >= 0.6 is 0 Å². The summed E-state index contributed by atoms with van der Waals surface area (Å²) in [5.41, 5.74) is 7.16. The van der Waals surface area contributed by atoms with Gasteiger partial charge >= 0.3 is 0 Å².